The third-order valence-electron chi connectivity index (χ3n) is 1.28. The fourth-order valence-electron chi connectivity index (χ4n) is 0.727. The van der Waals surface area contributed by atoms with Gasteiger partial charge in [-0.3, -0.25) is 0 Å². The summed E-state index contributed by atoms with van der Waals surface area (Å²) >= 11 is 0. The molecule has 1 rings (SSSR count). The van der Waals surface area contributed by atoms with E-state index in [4.69, 9.17) is 9.84 Å². The Hall–Kier alpha value is -0.0800. The van der Waals surface area contributed by atoms with Gasteiger partial charge in [-0.05, 0) is 6.42 Å². The highest BCUT2D eigenvalue weighted by Gasteiger charge is 2.12. The van der Waals surface area contributed by atoms with E-state index in [0.717, 1.165) is 19.6 Å². The molecule has 0 aromatic rings. The number of aliphatic hydroxyl groups is 1. The average molecular weight is 132 g/mol. The first kappa shape index (κ1) is 8.92. The topological polar surface area (TPSA) is 29.5 Å². The van der Waals surface area contributed by atoms with Crippen molar-refractivity contribution >= 4 is 0 Å². The number of rotatable bonds is 1. The molecule has 0 radical (unpaired) electrons. The molecule has 1 atom stereocenters. The first-order valence-electron chi connectivity index (χ1n) is 3.62. The molecule has 0 unspecified atom stereocenters. The Morgan fingerprint density at radius 1 is 1.56 bits per heavy atom. The van der Waals surface area contributed by atoms with Crippen LogP contribution in [-0.4, -0.2) is 24.9 Å². The Kier molecular flexibility index (Phi) is 5.99. The fraction of sp³-hybridized carbons (Fsp3) is 1.00. The second-order valence-corrected chi connectivity index (χ2v) is 1.91. The third-order valence-corrected chi connectivity index (χ3v) is 1.28. The lowest BCUT2D eigenvalue weighted by Crippen LogP contribution is -2.03. The summed E-state index contributed by atoms with van der Waals surface area (Å²) in [5, 5.41) is 8.49. The Balaban J connectivity index is 0.000000291. The molecule has 0 bridgehead atoms. The lowest BCUT2D eigenvalue weighted by atomic mass is 10.1. The molecule has 0 aliphatic carbocycles. The van der Waals surface area contributed by atoms with E-state index in [-0.39, 0.29) is 0 Å². The molecule has 1 heterocycles. The number of ether oxygens (including phenoxy) is 1. The van der Waals surface area contributed by atoms with Crippen LogP contribution in [0.4, 0.5) is 0 Å². The Bertz CT molecular complexity index is 48.9. The minimum absolute atomic E-state index is 0.292. The van der Waals surface area contributed by atoms with Gasteiger partial charge in [0.2, 0.25) is 0 Å². The molecule has 1 aliphatic heterocycles. The van der Waals surface area contributed by atoms with E-state index in [2.05, 4.69) is 0 Å². The highest BCUT2D eigenvalue weighted by molar-refractivity contribution is 4.60. The van der Waals surface area contributed by atoms with Crippen LogP contribution in [0.25, 0.3) is 0 Å². The van der Waals surface area contributed by atoms with Crippen LogP contribution in [0.2, 0.25) is 0 Å². The van der Waals surface area contributed by atoms with Crippen LogP contribution in [-0.2, 0) is 4.74 Å². The molecule has 0 spiro atoms. The molecule has 1 aliphatic rings. The van der Waals surface area contributed by atoms with Crippen LogP contribution in [0.15, 0.2) is 0 Å². The zero-order valence-electron chi connectivity index (χ0n) is 6.26. The minimum atomic E-state index is 0.292. The maximum absolute atomic E-state index is 8.49. The molecular weight excluding hydrogens is 116 g/mol. The van der Waals surface area contributed by atoms with Crippen molar-refractivity contribution in [3.05, 3.63) is 0 Å². The van der Waals surface area contributed by atoms with E-state index < -0.39 is 0 Å². The molecule has 56 valence electrons. The highest BCUT2D eigenvalue weighted by Crippen LogP contribution is 2.09. The summed E-state index contributed by atoms with van der Waals surface area (Å²) in [6.45, 7) is 5.89. The van der Waals surface area contributed by atoms with Crippen LogP contribution in [0, 0.1) is 5.92 Å². The standard InChI is InChI=1S/C5H10O2.C2H6/c6-3-5-1-2-7-4-5;1-2/h5-6H,1-4H2;1-2H3/t5-;/m1./s1. The molecule has 1 saturated heterocycles. The lowest BCUT2D eigenvalue weighted by molar-refractivity contribution is 0.161. The van der Waals surface area contributed by atoms with Gasteiger partial charge in [0.25, 0.3) is 0 Å². The van der Waals surface area contributed by atoms with E-state index in [0.29, 0.717) is 12.5 Å². The van der Waals surface area contributed by atoms with Crippen LogP contribution < -0.4 is 0 Å². The summed E-state index contributed by atoms with van der Waals surface area (Å²) in [6.07, 6.45) is 1.04. The molecule has 0 aromatic carbocycles. The van der Waals surface area contributed by atoms with Crippen LogP contribution in [0.1, 0.15) is 20.3 Å². The number of hydrogen-bond donors (Lipinski definition) is 1. The molecule has 0 amide bonds. The molecule has 0 aromatic heterocycles. The lowest BCUT2D eigenvalue weighted by Gasteiger charge is -1.96. The Labute approximate surface area is 56.8 Å². The highest BCUT2D eigenvalue weighted by atomic mass is 16.5. The predicted molar refractivity (Wildman–Crippen MR) is 37.4 cm³/mol. The van der Waals surface area contributed by atoms with E-state index in [1.807, 2.05) is 13.8 Å². The molecule has 2 nitrogen and oxygen atoms in total. The van der Waals surface area contributed by atoms with Gasteiger partial charge in [-0.1, -0.05) is 13.8 Å². The quantitative estimate of drug-likeness (QED) is 0.577. The van der Waals surface area contributed by atoms with Crippen molar-refractivity contribution in [1.82, 2.24) is 0 Å². The van der Waals surface area contributed by atoms with Gasteiger partial charge in [0, 0.05) is 19.1 Å². The third kappa shape index (κ3) is 3.49. The van der Waals surface area contributed by atoms with Crippen molar-refractivity contribution < 1.29 is 9.84 Å². The first-order valence-corrected chi connectivity index (χ1v) is 3.62. The molecule has 2 heteroatoms. The van der Waals surface area contributed by atoms with Gasteiger partial charge < -0.3 is 9.84 Å². The molecule has 0 saturated carbocycles. The number of hydrogen-bond acceptors (Lipinski definition) is 2. The normalized spacial score (nSPS) is 25.0. The maximum Gasteiger partial charge on any atom is 0.0517 e. The van der Waals surface area contributed by atoms with Crippen molar-refractivity contribution in [2.45, 2.75) is 20.3 Å². The second-order valence-electron chi connectivity index (χ2n) is 1.91. The van der Waals surface area contributed by atoms with Crippen molar-refractivity contribution in [2.24, 2.45) is 5.92 Å². The van der Waals surface area contributed by atoms with Crippen molar-refractivity contribution in [2.75, 3.05) is 19.8 Å². The van der Waals surface area contributed by atoms with E-state index in [1.165, 1.54) is 0 Å². The summed E-state index contributed by atoms with van der Waals surface area (Å²) < 4.78 is 4.99. The molecular formula is C7H16O2. The molecule has 1 fully saturated rings. The van der Waals surface area contributed by atoms with Crippen molar-refractivity contribution in [3.8, 4) is 0 Å². The average Bonchev–Trinajstić information content (AvgIpc) is 2.43. The fourth-order valence-corrected chi connectivity index (χ4v) is 0.727. The summed E-state index contributed by atoms with van der Waals surface area (Å²) in [6, 6.07) is 0. The largest absolute Gasteiger partial charge is 0.396 e. The van der Waals surface area contributed by atoms with Gasteiger partial charge in [-0.15, -0.1) is 0 Å². The van der Waals surface area contributed by atoms with Gasteiger partial charge in [0.05, 0.1) is 6.61 Å². The Morgan fingerprint density at radius 2 is 2.22 bits per heavy atom. The van der Waals surface area contributed by atoms with Gasteiger partial charge in [0.15, 0.2) is 0 Å². The van der Waals surface area contributed by atoms with Crippen LogP contribution in [0.5, 0.6) is 0 Å². The van der Waals surface area contributed by atoms with E-state index in [9.17, 15) is 0 Å². The summed E-state index contributed by atoms with van der Waals surface area (Å²) in [5.74, 6) is 0.431. The molecule has 9 heavy (non-hydrogen) atoms. The summed E-state index contributed by atoms with van der Waals surface area (Å²) in [7, 11) is 0. The SMILES string of the molecule is CC.OC[C@H]1CCOC1. The van der Waals surface area contributed by atoms with Gasteiger partial charge in [-0.25, -0.2) is 0 Å². The van der Waals surface area contributed by atoms with Crippen molar-refractivity contribution in [3.63, 3.8) is 0 Å². The minimum Gasteiger partial charge on any atom is -0.396 e. The summed E-state index contributed by atoms with van der Waals surface area (Å²) in [5.41, 5.74) is 0. The zero-order chi connectivity index (χ0) is 7.11. The number of aliphatic hydroxyl groups excluding tert-OH is 1. The monoisotopic (exact) mass is 132 g/mol. The van der Waals surface area contributed by atoms with Crippen LogP contribution in [0.3, 0.4) is 0 Å². The van der Waals surface area contributed by atoms with Crippen molar-refractivity contribution in [1.29, 1.82) is 0 Å². The van der Waals surface area contributed by atoms with Gasteiger partial charge in [0.1, 0.15) is 0 Å². The first-order chi connectivity index (χ1) is 4.43. The molecule has 1 N–H and O–H groups in total. The second kappa shape index (κ2) is 6.05. The maximum atomic E-state index is 8.49. The van der Waals surface area contributed by atoms with Crippen LogP contribution >= 0.6 is 0 Å². The smallest absolute Gasteiger partial charge is 0.0517 e. The summed E-state index contributed by atoms with van der Waals surface area (Å²) in [4.78, 5) is 0. The zero-order valence-corrected chi connectivity index (χ0v) is 6.26. The van der Waals surface area contributed by atoms with Gasteiger partial charge >= 0.3 is 0 Å². The van der Waals surface area contributed by atoms with E-state index >= 15 is 0 Å². The Morgan fingerprint density at radius 3 is 2.44 bits per heavy atom. The van der Waals surface area contributed by atoms with E-state index in [1.54, 1.807) is 0 Å². The van der Waals surface area contributed by atoms with Gasteiger partial charge in [-0.2, -0.15) is 0 Å². The predicted octanol–water partition coefficient (Wildman–Crippen LogP) is 1.04.